The number of hydrogen-bond donors (Lipinski definition) is 2. The van der Waals surface area contributed by atoms with Gasteiger partial charge in [0.05, 0.1) is 13.2 Å². The van der Waals surface area contributed by atoms with E-state index in [1.54, 1.807) is 0 Å². The van der Waals surface area contributed by atoms with Crippen molar-refractivity contribution in [3.05, 3.63) is 0 Å². The number of imide groups is 1. The average molecular weight is 257 g/mol. The topological polar surface area (TPSA) is 72.9 Å². The molecule has 104 valence electrons. The Kier molecular flexibility index (Phi) is 6.07. The molecule has 1 rings (SSSR count). The van der Waals surface area contributed by atoms with Crippen molar-refractivity contribution < 1.29 is 14.7 Å². The lowest BCUT2D eigenvalue weighted by atomic mass is 10.1. The normalized spacial score (nSPS) is 15.9. The van der Waals surface area contributed by atoms with E-state index in [1.165, 1.54) is 4.90 Å². The van der Waals surface area contributed by atoms with Gasteiger partial charge in [-0.15, -0.1) is 0 Å². The first-order valence-electron chi connectivity index (χ1n) is 6.57. The maximum atomic E-state index is 11.4. The fourth-order valence-electron chi connectivity index (χ4n) is 2.32. The average Bonchev–Trinajstić information content (AvgIpc) is 2.68. The minimum Gasteiger partial charge on any atom is -0.395 e. The zero-order chi connectivity index (χ0) is 13.5. The molecule has 1 fully saturated rings. The minimum atomic E-state index is -0.312. The summed E-state index contributed by atoms with van der Waals surface area (Å²) in [5.74, 6) is -0.173. The number of aliphatic hydroxyl groups is 1. The van der Waals surface area contributed by atoms with Crippen molar-refractivity contribution in [2.45, 2.75) is 32.7 Å². The first-order chi connectivity index (χ1) is 8.63. The summed E-state index contributed by atoms with van der Waals surface area (Å²) in [4.78, 5) is 26.2. The molecule has 1 heterocycles. The van der Waals surface area contributed by atoms with Gasteiger partial charge in [-0.3, -0.25) is 14.6 Å². The van der Waals surface area contributed by atoms with Crippen molar-refractivity contribution in [3.8, 4) is 0 Å². The maximum Gasteiger partial charge on any atom is 0.324 e. The summed E-state index contributed by atoms with van der Waals surface area (Å²) in [6.45, 7) is 5.99. The van der Waals surface area contributed by atoms with Crippen LogP contribution in [0.5, 0.6) is 0 Å². The van der Waals surface area contributed by atoms with Gasteiger partial charge >= 0.3 is 6.03 Å². The molecular weight excluding hydrogens is 234 g/mol. The predicted octanol–water partition coefficient (Wildman–Crippen LogP) is 0.0211. The maximum absolute atomic E-state index is 11.4. The van der Waals surface area contributed by atoms with E-state index in [0.717, 1.165) is 12.8 Å². The molecule has 0 unspecified atom stereocenters. The summed E-state index contributed by atoms with van der Waals surface area (Å²) >= 11 is 0. The second kappa shape index (κ2) is 7.33. The van der Waals surface area contributed by atoms with Gasteiger partial charge in [-0.05, 0) is 12.8 Å². The molecule has 0 atom stereocenters. The van der Waals surface area contributed by atoms with Crippen molar-refractivity contribution >= 4 is 11.9 Å². The van der Waals surface area contributed by atoms with Crippen LogP contribution in [0.15, 0.2) is 0 Å². The van der Waals surface area contributed by atoms with E-state index in [0.29, 0.717) is 25.7 Å². The van der Waals surface area contributed by atoms with Gasteiger partial charge < -0.3 is 10.4 Å². The number of carbonyl (C=O) groups is 2. The van der Waals surface area contributed by atoms with Crippen molar-refractivity contribution in [1.29, 1.82) is 0 Å². The molecule has 6 heteroatoms. The van der Waals surface area contributed by atoms with Crippen LogP contribution in [0, 0.1) is 0 Å². The Hall–Kier alpha value is -1.14. The summed E-state index contributed by atoms with van der Waals surface area (Å²) in [7, 11) is 0. The highest BCUT2D eigenvalue weighted by Gasteiger charge is 2.28. The number of carbonyl (C=O) groups excluding carboxylic acids is 2. The second-order valence-corrected chi connectivity index (χ2v) is 4.43. The highest BCUT2D eigenvalue weighted by Crippen LogP contribution is 2.09. The van der Waals surface area contributed by atoms with E-state index < -0.39 is 0 Å². The zero-order valence-electron chi connectivity index (χ0n) is 11.2. The van der Waals surface area contributed by atoms with E-state index in [1.807, 2.05) is 0 Å². The van der Waals surface area contributed by atoms with Gasteiger partial charge in [-0.1, -0.05) is 13.8 Å². The van der Waals surface area contributed by atoms with Crippen molar-refractivity contribution in [3.63, 3.8) is 0 Å². The molecule has 1 saturated heterocycles. The minimum absolute atomic E-state index is 0.0939. The Bertz CT molecular complexity index is 276. The van der Waals surface area contributed by atoms with Gasteiger partial charge in [0.25, 0.3) is 0 Å². The van der Waals surface area contributed by atoms with Gasteiger partial charge in [0.1, 0.15) is 0 Å². The lowest BCUT2D eigenvalue weighted by Crippen LogP contribution is -2.43. The third-order valence-corrected chi connectivity index (χ3v) is 3.39. The van der Waals surface area contributed by atoms with E-state index in [2.05, 4.69) is 24.1 Å². The molecule has 3 amide bonds. The van der Waals surface area contributed by atoms with Crippen LogP contribution in [0.4, 0.5) is 4.79 Å². The van der Waals surface area contributed by atoms with Crippen LogP contribution >= 0.6 is 0 Å². The molecule has 0 spiro atoms. The number of hydrogen-bond acceptors (Lipinski definition) is 4. The molecule has 1 aliphatic rings. The fraction of sp³-hybridized carbons (Fsp3) is 0.833. The predicted molar refractivity (Wildman–Crippen MR) is 68.1 cm³/mol. The van der Waals surface area contributed by atoms with Crippen molar-refractivity contribution in [2.24, 2.45) is 0 Å². The summed E-state index contributed by atoms with van der Waals surface area (Å²) in [6, 6.07) is 0.0754. The van der Waals surface area contributed by atoms with Crippen LogP contribution in [0.25, 0.3) is 0 Å². The number of amides is 3. The monoisotopic (exact) mass is 257 g/mol. The lowest BCUT2D eigenvalue weighted by molar-refractivity contribution is -0.125. The van der Waals surface area contributed by atoms with Crippen LogP contribution in [-0.2, 0) is 4.79 Å². The quantitative estimate of drug-likeness (QED) is 0.601. The Balaban J connectivity index is 2.50. The number of nitrogens with one attached hydrogen (secondary N) is 1. The summed E-state index contributed by atoms with van der Waals surface area (Å²) in [6.07, 6.45) is 1.99. The van der Waals surface area contributed by atoms with Crippen molar-refractivity contribution in [2.75, 3.05) is 32.8 Å². The molecule has 0 aliphatic carbocycles. The van der Waals surface area contributed by atoms with Gasteiger partial charge in [0.15, 0.2) is 0 Å². The van der Waals surface area contributed by atoms with Gasteiger partial charge in [-0.2, -0.15) is 0 Å². The highest BCUT2D eigenvalue weighted by atomic mass is 16.3. The zero-order valence-corrected chi connectivity index (χ0v) is 11.2. The van der Waals surface area contributed by atoms with Gasteiger partial charge in [0, 0.05) is 25.7 Å². The smallest absolute Gasteiger partial charge is 0.324 e. The van der Waals surface area contributed by atoms with Gasteiger partial charge in [0.2, 0.25) is 5.91 Å². The van der Waals surface area contributed by atoms with E-state index in [9.17, 15) is 9.59 Å². The lowest BCUT2D eigenvalue weighted by Gasteiger charge is -2.30. The van der Waals surface area contributed by atoms with Crippen LogP contribution < -0.4 is 5.32 Å². The number of rotatable bonds is 8. The van der Waals surface area contributed by atoms with Crippen LogP contribution in [-0.4, -0.2) is 65.7 Å². The summed E-state index contributed by atoms with van der Waals surface area (Å²) < 4.78 is 0. The molecule has 0 bridgehead atoms. The molecule has 0 saturated carbocycles. The second-order valence-electron chi connectivity index (χ2n) is 4.43. The van der Waals surface area contributed by atoms with E-state index in [-0.39, 0.29) is 25.1 Å². The van der Waals surface area contributed by atoms with E-state index in [4.69, 9.17) is 5.11 Å². The number of urea groups is 1. The van der Waals surface area contributed by atoms with Crippen LogP contribution in [0.1, 0.15) is 26.7 Å². The summed E-state index contributed by atoms with van der Waals surface area (Å²) in [5, 5.41) is 11.6. The summed E-state index contributed by atoms with van der Waals surface area (Å²) in [5.41, 5.74) is 0. The molecule has 1 aliphatic heterocycles. The first kappa shape index (κ1) is 14.9. The molecular formula is C12H23N3O3. The molecule has 0 aromatic rings. The Labute approximate surface area is 108 Å². The van der Waals surface area contributed by atoms with Crippen LogP contribution in [0.2, 0.25) is 0 Å². The largest absolute Gasteiger partial charge is 0.395 e. The SMILES string of the molecule is CCC(CC)N(CCO)CCN1C(=O)CNC1=O. The number of nitrogens with zero attached hydrogens (tertiary/aromatic N) is 2. The Morgan fingerprint density at radius 3 is 2.44 bits per heavy atom. The van der Waals surface area contributed by atoms with E-state index >= 15 is 0 Å². The third-order valence-electron chi connectivity index (χ3n) is 3.39. The van der Waals surface area contributed by atoms with Gasteiger partial charge in [-0.25, -0.2) is 4.79 Å². The van der Waals surface area contributed by atoms with Crippen LogP contribution in [0.3, 0.4) is 0 Å². The molecule has 0 aromatic heterocycles. The Morgan fingerprint density at radius 2 is 2.00 bits per heavy atom. The highest BCUT2D eigenvalue weighted by molar-refractivity contribution is 6.01. The third kappa shape index (κ3) is 3.68. The molecule has 2 N–H and O–H groups in total. The van der Waals surface area contributed by atoms with Crippen molar-refractivity contribution in [1.82, 2.24) is 15.1 Å². The Morgan fingerprint density at radius 1 is 1.33 bits per heavy atom. The fourth-order valence-corrected chi connectivity index (χ4v) is 2.32. The molecule has 0 radical (unpaired) electrons. The first-order valence-corrected chi connectivity index (χ1v) is 6.57. The molecule has 0 aromatic carbocycles. The molecule has 6 nitrogen and oxygen atoms in total. The standard InChI is InChI=1S/C12H23N3O3/c1-3-10(4-2)14(7-8-16)5-6-15-11(17)9-13-12(15)18/h10,16H,3-9H2,1-2H3,(H,13,18). The molecule has 18 heavy (non-hydrogen) atoms. The number of aliphatic hydroxyl groups excluding tert-OH is 1.